The van der Waals surface area contributed by atoms with Gasteiger partial charge in [-0.15, -0.1) is 0 Å². The highest BCUT2D eigenvalue weighted by atomic mass is 16.6. The summed E-state index contributed by atoms with van der Waals surface area (Å²) >= 11 is 0. The smallest absolute Gasteiger partial charge is 0.416 e. The quantitative estimate of drug-likeness (QED) is 0.785. The van der Waals surface area contributed by atoms with Crippen molar-refractivity contribution in [2.75, 3.05) is 6.61 Å². The Kier molecular flexibility index (Phi) is 4.29. The van der Waals surface area contributed by atoms with E-state index in [1.807, 2.05) is 6.92 Å². The molecule has 1 saturated heterocycles. The first kappa shape index (κ1) is 13.0. The second-order valence-corrected chi connectivity index (χ2v) is 4.11. The first-order valence-corrected chi connectivity index (χ1v) is 5.70. The zero-order valence-corrected chi connectivity index (χ0v) is 9.97. The maximum Gasteiger partial charge on any atom is 0.416 e. The standard InChI is InChI=1S/C11H19NO4/c1-4-8-6-16-11(15)12(8)10(14)7(3)9(13)5-2/h7-9,13H,4-6H2,1-3H3. The van der Waals surface area contributed by atoms with Crippen molar-refractivity contribution < 1.29 is 19.4 Å². The molecule has 0 aromatic rings. The fourth-order valence-electron chi connectivity index (χ4n) is 1.77. The van der Waals surface area contributed by atoms with Crippen molar-refractivity contribution in [2.45, 2.75) is 45.8 Å². The van der Waals surface area contributed by atoms with Crippen molar-refractivity contribution in [3.8, 4) is 0 Å². The summed E-state index contributed by atoms with van der Waals surface area (Å²) < 4.78 is 4.84. The minimum Gasteiger partial charge on any atom is -0.447 e. The van der Waals surface area contributed by atoms with Crippen LogP contribution in [0.2, 0.25) is 0 Å². The molecule has 0 saturated carbocycles. The number of aliphatic hydroxyl groups excluding tert-OH is 1. The van der Waals surface area contributed by atoms with E-state index < -0.39 is 18.1 Å². The fraction of sp³-hybridized carbons (Fsp3) is 0.818. The Morgan fingerprint density at radius 1 is 1.62 bits per heavy atom. The van der Waals surface area contributed by atoms with Crippen LogP contribution < -0.4 is 0 Å². The average molecular weight is 229 g/mol. The molecular weight excluding hydrogens is 210 g/mol. The van der Waals surface area contributed by atoms with Gasteiger partial charge in [0.2, 0.25) is 5.91 Å². The lowest BCUT2D eigenvalue weighted by molar-refractivity contribution is -0.136. The Labute approximate surface area is 95.4 Å². The van der Waals surface area contributed by atoms with Crippen LogP contribution in [0.4, 0.5) is 4.79 Å². The van der Waals surface area contributed by atoms with E-state index in [4.69, 9.17) is 4.74 Å². The number of aliphatic hydroxyl groups is 1. The molecule has 1 aliphatic rings. The number of carbonyl (C=O) groups is 2. The number of hydrogen-bond acceptors (Lipinski definition) is 4. The second kappa shape index (κ2) is 5.30. The van der Waals surface area contributed by atoms with Gasteiger partial charge in [0, 0.05) is 0 Å². The molecule has 1 rings (SSSR count). The van der Waals surface area contributed by atoms with Crippen LogP contribution in [0.5, 0.6) is 0 Å². The molecular formula is C11H19NO4. The van der Waals surface area contributed by atoms with Gasteiger partial charge in [-0.3, -0.25) is 4.79 Å². The van der Waals surface area contributed by atoms with Gasteiger partial charge >= 0.3 is 6.09 Å². The van der Waals surface area contributed by atoms with E-state index in [-0.39, 0.29) is 18.6 Å². The summed E-state index contributed by atoms with van der Waals surface area (Å²) in [4.78, 5) is 24.5. The van der Waals surface area contributed by atoms with Crippen LogP contribution in [-0.2, 0) is 9.53 Å². The predicted molar refractivity (Wildman–Crippen MR) is 57.7 cm³/mol. The molecule has 3 unspecified atom stereocenters. The molecule has 0 aromatic carbocycles. The van der Waals surface area contributed by atoms with Crippen molar-refractivity contribution in [2.24, 2.45) is 5.92 Å². The van der Waals surface area contributed by atoms with Crippen molar-refractivity contribution in [1.29, 1.82) is 0 Å². The lowest BCUT2D eigenvalue weighted by Gasteiger charge is -2.24. The van der Waals surface area contributed by atoms with Crippen LogP contribution in [0.15, 0.2) is 0 Å². The number of rotatable bonds is 4. The summed E-state index contributed by atoms with van der Waals surface area (Å²) in [5, 5.41) is 9.60. The minimum atomic E-state index is -0.710. The highest BCUT2D eigenvalue weighted by Crippen LogP contribution is 2.20. The Balaban J connectivity index is 2.75. The van der Waals surface area contributed by atoms with E-state index in [0.717, 1.165) is 4.90 Å². The molecule has 3 atom stereocenters. The van der Waals surface area contributed by atoms with Crippen LogP contribution in [0, 0.1) is 5.92 Å². The van der Waals surface area contributed by atoms with Gasteiger partial charge in [-0.1, -0.05) is 20.8 Å². The van der Waals surface area contributed by atoms with Crippen molar-refractivity contribution in [3.63, 3.8) is 0 Å². The van der Waals surface area contributed by atoms with Gasteiger partial charge in [0.25, 0.3) is 0 Å². The highest BCUT2D eigenvalue weighted by molar-refractivity contribution is 5.94. The molecule has 2 amide bonds. The molecule has 5 nitrogen and oxygen atoms in total. The number of nitrogens with zero attached hydrogens (tertiary/aromatic N) is 1. The van der Waals surface area contributed by atoms with E-state index >= 15 is 0 Å². The van der Waals surface area contributed by atoms with Crippen LogP contribution in [0.1, 0.15) is 33.6 Å². The molecule has 1 aliphatic heterocycles. The SMILES string of the molecule is CCC(O)C(C)C(=O)N1C(=O)OCC1CC. The number of imide groups is 1. The lowest BCUT2D eigenvalue weighted by Crippen LogP contribution is -2.44. The summed E-state index contributed by atoms with van der Waals surface area (Å²) in [7, 11) is 0. The van der Waals surface area contributed by atoms with Gasteiger partial charge in [-0.25, -0.2) is 9.69 Å². The summed E-state index contributed by atoms with van der Waals surface area (Å²) in [5.41, 5.74) is 0. The van der Waals surface area contributed by atoms with E-state index in [1.165, 1.54) is 0 Å². The Bertz CT molecular complexity index is 279. The third-order valence-electron chi connectivity index (χ3n) is 3.05. The molecule has 1 N–H and O–H groups in total. The third kappa shape index (κ3) is 2.35. The third-order valence-corrected chi connectivity index (χ3v) is 3.05. The van der Waals surface area contributed by atoms with Crippen molar-refractivity contribution in [1.82, 2.24) is 4.90 Å². The topological polar surface area (TPSA) is 66.8 Å². The minimum absolute atomic E-state index is 0.188. The summed E-state index contributed by atoms with van der Waals surface area (Å²) in [5.74, 6) is -0.909. The van der Waals surface area contributed by atoms with E-state index in [2.05, 4.69) is 0 Å². The van der Waals surface area contributed by atoms with Crippen LogP contribution in [0.3, 0.4) is 0 Å². The van der Waals surface area contributed by atoms with Gasteiger partial charge in [0.05, 0.1) is 18.1 Å². The Hall–Kier alpha value is -1.10. The molecule has 16 heavy (non-hydrogen) atoms. The van der Waals surface area contributed by atoms with E-state index in [1.54, 1.807) is 13.8 Å². The zero-order chi connectivity index (χ0) is 12.3. The van der Waals surface area contributed by atoms with Gasteiger partial charge < -0.3 is 9.84 Å². The lowest BCUT2D eigenvalue weighted by atomic mass is 10.0. The number of amides is 2. The maximum atomic E-state index is 12.0. The van der Waals surface area contributed by atoms with Gasteiger partial charge in [-0.05, 0) is 12.8 Å². The number of carbonyl (C=O) groups excluding carboxylic acids is 2. The first-order valence-electron chi connectivity index (χ1n) is 5.70. The van der Waals surface area contributed by atoms with E-state index in [9.17, 15) is 14.7 Å². The fourth-order valence-corrected chi connectivity index (χ4v) is 1.77. The monoisotopic (exact) mass is 229 g/mol. The second-order valence-electron chi connectivity index (χ2n) is 4.11. The molecule has 0 radical (unpaired) electrons. The normalized spacial score (nSPS) is 24.1. The summed E-state index contributed by atoms with van der Waals surface area (Å²) in [6.45, 7) is 5.59. The van der Waals surface area contributed by atoms with E-state index in [0.29, 0.717) is 12.8 Å². The van der Waals surface area contributed by atoms with Gasteiger partial charge in [0.15, 0.2) is 0 Å². The Morgan fingerprint density at radius 2 is 2.25 bits per heavy atom. The Morgan fingerprint density at radius 3 is 2.75 bits per heavy atom. The van der Waals surface area contributed by atoms with Crippen LogP contribution >= 0.6 is 0 Å². The van der Waals surface area contributed by atoms with Crippen LogP contribution in [-0.4, -0.2) is 40.8 Å². The molecule has 0 aromatic heterocycles. The summed E-state index contributed by atoms with van der Waals surface area (Å²) in [6, 6.07) is -0.188. The first-order chi connectivity index (χ1) is 7.52. The molecule has 0 bridgehead atoms. The average Bonchev–Trinajstić information content (AvgIpc) is 2.67. The van der Waals surface area contributed by atoms with Crippen molar-refractivity contribution >= 4 is 12.0 Å². The molecule has 5 heteroatoms. The highest BCUT2D eigenvalue weighted by Gasteiger charge is 2.39. The molecule has 1 heterocycles. The number of hydrogen-bond donors (Lipinski definition) is 1. The van der Waals surface area contributed by atoms with Crippen molar-refractivity contribution in [3.05, 3.63) is 0 Å². The van der Waals surface area contributed by atoms with Gasteiger partial charge in [-0.2, -0.15) is 0 Å². The maximum absolute atomic E-state index is 12.0. The molecule has 0 aliphatic carbocycles. The molecule has 92 valence electrons. The van der Waals surface area contributed by atoms with Crippen LogP contribution in [0.25, 0.3) is 0 Å². The zero-order valence-electron chi connectivity index (χ0n) is 9.97. The van der Waals surface area contributed by atoms with Gasteiger partial charge in [0.1, 0.15) is 6.61 Å². The predicted octanol–water partition coefficient (Wildman–Crippen LogP) is 1.15. The largest absolute Gasteiger partial charge is 0.447 e. The number of ether oxygens (including phenoxy) is 1. The summed E-state index contributed by atoms with van der Waals surface area (Å²) in [6.07, 6.45) is -0.135. The number of cyclic esters (lactones) is 1. The molecule has 0 spiro atoms. The molecule has 1 fully saturated rings.